The standard InChI is InChI=1S/C11H10ClF5S/c12-5-1-2-7-6-8(18-11(15,16)17)3-4-9(7)10(13)14/h3-4,6,10H,1-2,5H2. The second-order valence-electron chi connectivity index (χ2n) is 3.50. The van der Waals surface area contributed by atoms with Gasteiger partial charge in [-0.15, -0.1) is 11.6 Å². The van der Waals surface area contributed by atoms with E-state index in [0.29, 0.717) is 6.42 Å². The van der Waals surface area contributed by atoms with E-state index in [9.17, 15) is 22.0 Å². The van der Waals surface area contributed by atoms with Gasteiger partial charge in [-0.1, -0.05) is 6.07 Å². The Morgan fingerprint density at radius 2 is 1.89 bits per heavy atom. The Morgan fingerprint density at radius 1 is 1.22 bits per heavy atom. The number of aryl methyl sites for hydroxylation is 1. The van der Waals surface area contributed by atoms with Gasteiger partial charge in [0.2, 0.25) is 0 Å². The smallest absolute Gasteiger partial charge is 0.205 e. The van der Waals surface area contributed by atoms with Gasteiger partial charge < -0.3 is 0 Å². The lowest BCUT2D eigenvalue weighted by molar-refractivity contribution is -0.0328. The van der Waals surface area contributed by atoms with E-state index in [0.717, 1.165) is 18.2 Å². The summed E-state index contributed by atoms with van der Waals surface area (Å²) in [5.41, 5.74) is -4.43. The molecule has 0 fully saturated rings. The third-order valence-corrected chi connectivity index (χ3v) is 3.15. The van der Waals surface area contributed by atoms with E-state index < -0.39 is 11.9 Å². The first kappa shape index (κ1) is 15.6. The van der Waals surface area contributed by atoms with Gasteiger partial charge in [0.15, 0.2) is 0 Å². The van der Waals surface area contributed by atoms with E-state index in [-0.39, 0.29) is 40.1 Å². The van der Waals surface area contributed by atoms with Crippen molar-refractivity contribution in [1.29, 1.82) is 0 Å². The van der Waals surface area contributed by atoms with Gasteiger partial charge in [-0.25, -0.2) is 8.78 Å². The van der Waals surface area contributed by atoms with Crippen molar-refractivity contribution in [2.24, 2.45) is 0 Å². The molecule has 0 atom stereocenters. The van der Waals surface area contributed by atoms with Crippen LogP contribution in [-0.4, -0.2) is 11.4 Å². The predicted octanol–water partition coefficient (Wildman–Crippen LogP) is 5.41. The summed E-state index contributed by atoms with van der Waals surface area (Å²) < 4.78 is 61.9. The quantitative estimate of drug-likeness (QED) is 0.398. The minimum absolute atomic E-state index is 0.0866. The van der Waals surface area contributed by atoms with Gasteiger partial charge in [-0.2, -0.15) is 13.2 Å². The molecule has 0 radical (unpaired) electrons. The van der Waals surface area contributed by atoms with Gasteiger partial charge in [0.25, 0.3) is 6.43 Å². The maximum Gasteiger partial charge on any atom is 0.446 e. The number of thioether (sulfide) groups is 1. The topological polar surface area (TPSA) is 0 Å². The van der Waals surface area contributed by atoms with Crippen LogP contribution in [0.1, 0.15) is 24.0 Å². The Kier molecular flexibility index (Phi) is 5.72. The highest BCUT2D eigenvalue weighted by Crippen LogP contribution is 2.38. The molecule has 0 aromatic heterocycles. The van der Waals surface area contributed by atoms with Crippen LogP contribution in [0.5, 0.6) is 0 Å². The Hall–Kier alpha value is -0.490. The second-order valence-corrected chi connectivity index (χ2v) is 5.02. The monoisotopic (exact) mass is 304 g/mol. The zero-order valence-corrected chi connectivity index (χ0v) is 10.7. The Bertz CT molecular complexity index is 392. The van der Waals surface area contributed by atoms with E-state index in [1.54, 1.807) is 0 Å². The molecule has 18 heavy (non-hydrogen) atoms. The van der Waals surface area contributed by atoms with E-state index in [1.807, 2.05) is 0 Å². The van der Waals surface area contributed by atoms with Crippen LogP contribution >= 0.6 is 23.4 Å². The van der Waals surface area contributed by atoms with Crippen LogP contribution in [0.2, 0.25) is 0 Å². The maximum atomic E-state index is 12.7. The van der Waals surface area contributed by atoms with Crippen LogP contribution in [0.3, 0.4) is 0 Å². The molecule has 0 heterocycles. The van der Waals surface area contributed by atoms with Crippen molar-refractivity contribution in [1.82, 2.24) is 0 Å². The molecular weight excluding hydrogens is 295 g/mol. The van der Waals surface area contributed by atoms with Crippen LogP contribution in [0.25, 0.3) is 0 Å². The van der Waals surface area contributed by atoms with Crippen LogP contribution in [-0.2, 0) is 6.42 Å². The van der Waals surface area contributed by atoms with Crippen molar-refractivity contribution in [3.8, 4) is 0 Å². The summed E-state index contributed by atoms with van der Waals surface area (Å²) in [6, 6.07) is 3.26. The zero-order chi connectivity index (χ0) is 13.8. The van der Waals surface area contributed by atoms with Crippen molar-refractivity contribution in [2.45, 2.75) is 29.7 Å². The molecule has 1 rings (SSSR count). The molecule has 0 unspecified atom stereocenters. The molecule has 1 aromatic carbocycles. The van der Waals surface area contributed by atoms with Crippen molar-refractivity contribution in [2.75, 3.05) is 5.88 Å². The zero-order valence-electron chi connectivity index (χ0n) is 9.11. The second kappa shape index (κ2) is 6.61. The first-order valence-corrected chi connectivity index (χ1v) is 6.41. The lowest BCUT2D eigenvalue weighted by atomic mass is 10.0. The van der Waals surface area contributed by atoms with E-state index in [4.69, 9.17) is 11.6 Å². The number of benzene rings is 1. The van der Waals surface area contributed by atoms with Crippen molar-refractivity contribution in [3.05, 3.63) is 29.3 Å². The van der Waals surface area contributed by atoms with Crippen LogP contribution in [0.4, 0.5) is 22.0 Å². The number of halogens is 6. The van der Waals surface area contributed by atoms with Gasteiger partial charge in [0.1, 0.15) is 0 Å². The molecule has 102 valence electrons. The predicted molar refractivity (Wildman–Crippen MR) is 62.4 cm³/mol. The molecular formula is C11H10ClF5S. The van der Waals surface area contributed by atoms with Gasteiger partial charge in [-0.05, 0) is 42.3 Å². The van der Waals surface area contributed by atoms with Gasteiger partial charge in [0, 0.05) is 16.3 Å². The van der Waals surface area contributed by atoms with Crippen LogP contribution in [0, 0.1) is 0 Å². The number of rotatable bonds is 5. The first-order valence-electron chi connectivity index (χ1n) is 5.06. The molecule has 0 saturated carbocycles. The first-order chi connectivity index (χ1) is 8.33. The molecule has 1 aromatic rings. The van der Waals surface area contributed by atoms with Gasteiger partial charge in [0.05, 0.1) is 0 Å². The summed E-state index contributed by atoms with van der Waals surface area (Å²) in [7, 11) is 0. The molecule has 0 saturated heterocycles. The van der Waals surface area contributed by atoms with E-state index in [1.165, 1.54) is 0 Å². The molecule has 7 heteroatoms. The average molecular weight is 305 g/mol. The average Bonchev–Trinajstić information content (AvgIpc) is 2.23. The molecule has 0 aliphatic heterocycles. The summed E-state index contributed by atoms with van der Waals surface area (Å²) in [6.07, 6.45) is -2.00. The fraction of sp³-hybridized carbons (Fsp3) is 0.455. The number of alkyl halides is 6. The molecule has 0 amide bonds. The summed E-state index contributed by atoms with van der Waals surface area (Å²) in [6.45, 7) is 0. The Labute approximate surface area is 111 Å². The van der Waals surface area contributed by atoms with Crippen LogP contribution in [0.15, 0.2) is 23.1 Å². The summed E-state index contributed by atoms with van der Waals surface area (Å²) in [5, 5.41) is 0. The fourth-order valence-corrected chi connectivity index (χ4v) is 2.20. The van der Waals surface area contributed by atoms with E-state index in [2.05, 4.69) is 0 Å². The summed E-state index contributed by atoms with van der Waals surface area (Å²) >= 11 is 5.15. The SMILES string of the molecule is FC(F)c1ccc(SC(F)(F)F)cc1CCCCl. The number of hydrogen-bond donors (Lipinski definition) is 0. The van der Waals surface area contributed by atoms with Crippen molar-refractivity contribution < 1.29 is 22.0 Å². The third-order valence-electron chi connectivity index (χ3n) is 2.16. The Balaban J connectivity index is 2.97. The summed E-state index contributed by atoms with van der Waals surface area (Å²) in [5.74, 6) is 0.277. The maximum absolute atomic E-state index is 12.7. The molecule has 0 N–H and O–H groups in total. The van der Waals surface area contributed by atoms with Crippen molar-refractivity contribution in [3.63, 3.8) is 0 Å². The van der Waals surface area contributed by atoms with Gasteiger partial charge >= 0.3 is 5.51 Å². The highest BCUT2D eigenvalue weighted by Gasteiger charge is 2.29. The molecule has 0 aliphatic carbocycles. The molecule has 0 bridgehead atoms. The molecule has 0 spiro atoms. The largest absolute Gasteiger partial charge is 0.446 e. The van der Waals surface area contributed by atoms with Crippen molar-refractivity contribution >= 4 is 23.4 Å². The minimum atomic E-state index is -4.42. The van der Waals surface area contributed by atoms with Crippen LogP contribution < -0.4 is 0 Å². The highest BCUT2D eigenvalue weighted by molar-refractivity contribution is 8.00. The normalized spacial score (nSPS) is 12.2. The Morgan fingerprint density at radius 3 is 2.39 bits per heavy atom. The highest BCUT2D eigenvalue weighted by atomic mass is 35.5. The molecule has 0 aliphatic rings. The van der Waals surface area contributed by atoms with Gasteiger partial charge in [-0.3, -0.25) is 0 Å². The lowest BCUT2D eigenvalue weighted by Crippen LogP contribution is -2.01. The van der Waals surface area contributed by atoms with E-state index >= 15 is 0 Å². The minimum Gasteiger partial charge on any atom is -0.205 e. The third kappa shape index (κ3) is 5.02. The fourth-order valence-electron chi connectivity index (χ4n) is 1.47. The lowest BCUT2D eigenvalue weighted by Gasteiger charge is -2.11. The molecule has 0 nitrogen and oxygen atoms in total. The number of hydrogen-bond acceptors (Lipinski definition) is 1. The summed E-state index contributed by atoms with van der Waals surface area (Å²) in [4.78, 5) is -0.0866.